The molecule has 1 heterocycles. The van der Waals surface area contributed by atoms with Gasteiger partial charge in [-0.25, -0.2) is 9.97 Å². The van der Waals surface area contributed by atoms with Crippen molar-refractivity contribution in [2.75, 3.05) is 5.75 Å². The second-order valence-corrected chi connectivity index (χ2v) is 4.60. The Bertz CT molecular complexity index is 261. The minimum Gasteiger partial charge on any atom is -0.392 e. The number of aliphatic hydroxyl groups excluding tert-OH is 1. The van der Waals surface area contributed by atoms with Gasteiger partial charge >= 0.3 is 0 Å². The third-order valence-corrected chi connectivity index (χ3v) is 2.99. The van der Waals surface area contributed by atoms with Crippen LogP contribution in [0.15, 0.2) is 12.4 Å². The van der Waals surface area contributed by atoms with Gasteiger partial charge in [0.05, 0.1) is 12.4 Å². The van der Waals surface area contributed by atoms with Crippen LogP contribution in [-0.2, 0) is 12.4 Å². The second-order valence-electron chi connectivity index (χ2n) is 3.57. The van der Waals surface area contributed by atoms with Crippen LogP contribution in [-0.4, -0.2) is 20.8 Å². The molecule has 0 spiro atoms. The fourth-order valence-corrected chi connectivity index (χ4v) is 1.84. The first-order valence-electron chi connectivity index (χ1n) is 4.70. The number of rotatable bonds is 5. The minimum absolute atomic E-state index is 0.0133. The fourth-order valence-electron chi connectivity index (χ4n) is 0.924. The second kappa shape index (κ2) is 5.98. The van der Waals surface area contributed by atoms with Gasteiger partial charge in [-0.1, -0.05) is 13.8 Å². The van der Waals surface area contributed by atoms with Crippen molar-refractivity contribution < 1.29 is 5.11 Å². The summed E-state index contributed by atoms with van der Waals surface area (Å²) in [5.41, 5.74) is 0.766. The van der Waals surface area contributed by atoms with Crippen LogP contribution >= 0.6 is 11.8 Å². The molecule has 3 nitrogen and oxygen atoms in total. The Morgan fingerprint density at radius 1 is 1.36 bits per heavy atom. The summed E-state index contributed by atoms with van der Waals surface area (Å²) < 4.78 is 0. The van der Waals surface area contributed by atoms with E-state index in [0.29, 0.717) is 5.92 Å². The molecule has 0 aliphatic rings. The summed E-state index contributed by atoms with van der Waals surface area (Å²) >= 11 is 1.84. The summed E-state index contributed by atoms with van der Waals surface area (Å²) in [6.45, 7) is 4.41. The molecule has 0 bridgehead atoms. The molecule has 0 amide bonds. The van der Waals surface area contributed by atoms with E-state index in [4.69, 9.17) is 5.11 Å². The van der Waals surface area contributed by atoms with Crippen molar-refractivity contribution in [3.05, 3.63) is 23.8 Å². The van der Waals surface area contributed by atoms with E-state index < -0.39 is 0 Å². The van der Waals surface area contributed by atoms with Gasteiger partial charge in [-0.3, -0.25) is 0 Å². The standard InChI is InChI=1S/C10H16N2OS/c1-8(2)6-14-7-10-11-3-9(5-13)4-12-10/h3-4,8,13H,5-7H2,1-2H3. The van der Waals surface area contributed by atoms with E-state index in [1.807, 2.05) is 11.8 Å². The van der Waals surface area contributed by atoms with Crippen LogP contribution in [0.25, 0.3) is 0 Å². The molecule has 0 saturated heterocycles. The molecule has 0 unspecified atom stereocenters. The Balaban J connectivity index is 2.36. The van der Waals surface area contributed by atoms with Gasteiger partial charge in [-0.2, -0.15) is 11.8 Å². The van der Waals surface area contributed by atoms with Crippen molar-refractivity contribution in [1.29, 1.82) is 0 Å². The van der Waals surface area contributed by atoms with Crippen molar-refractivity contribution in [2.45, 2.75) is 26.2 Å². The Hall–Kier alpha value is -0.610. The summed E-state index contributed by atoms with van der Waals surface area (Å²) in [7, 11) is 0. The van der Waals surface area contributed by atoms with Crippen LogP contribution in [0.2, 0.25) is 0 Å². The minimum atomic E-state index is 0.0133. The van der Waals surface area contributed by atoms with Crippen LogP contribution in [0.3, 0.4) is 0 Å². The monoisotopic (exact) mass is 212 g/mol. The molecule has 1 aromatic heterocycles. The van der Waals surface area contributed by atoms with Gasteiger partial charge < -0.3 is 5.11 Å². The van der Waals surface area contributed by atoms with E-state index >= 15 is 0 Å². The van der Waals surface area contributed by atoms with Crippen molar-refractivity contribution in [3.63, 3.8) is 0 Å². The Morgan fingerprint density at radius 3 is 2.50 bits per heavy atom. The molecule has 0 atom stereocenters. The van der Waals surface area contributed by atoms with E-state index in [1.165, 1.54) is 0 Å². The molecule has 0 radical (unpaired) electrons. The SMILES string of the molecule is CC(C)CSCc1ncc(CO)cn1. The Morgan fingerprint density at radius 2 is 2.00 bits per heavy atom. The van der Waals surface area contributed by atoms with Crippen LogP contribution < -0.4 is 0 Å². The zero-order valence-corrected chi connectivity index (χ0v) is 9.42. The zero-order valence-electron chi connectivity index (χ0n) is 8.60. The molecule has 78 valence electrons. The van der Waals surface area contributed by atoms with Gasteiger partial charge in [-0.15, -0.1) is 0 Å². The van der Waals surface area contributed by atoms with E-state index in [-0.39, 0.29) is 6.61 Å². The van der Waals surface area contributed by atoms with E-state index in [2.05, 4.69) is 23.8 Å². The number of hydrogen-bond donors (Lipinski definition) is 1. The highest BCUT2D eigenvalue weighted by molar-refractivity contribution is 7.98. The van der Waals surface area contributed by atoms with Crippen molar-refractivity contribution in [2.24, 2.45) is 5.92 Å². The molecule has 0 aromatic carbocycles. The molecule has 1 aromatic rings. The smallest absolute Gasteiger partial charge is 0.138 e. The molecule has 0 aliphatic carbocycles. The number of aliphatic hydroxyl groups is 1. The summed E-state index contributed by atoms with van der Waals surface area (Å²) in [4.78, 5) is 8.31. The van der Waals surface area contributed by atoms with E-state index in [9.17, 15) is 0 Å². The summed E-state index contributed by atoms with van der Waals surface area (Å²) in [6.07, 6.45) is 3.36. The predicted molar refractivity (Wildman–Crippen MR) is 59.0 cm³/mol. The average molecular weight is 212 g/mol. The molecular weight excluding hydrogens is 196 g/mol. The van der Waals surface area contributed by atoms with Gasteiger partial charge in [-0.05, 0) is 11.7 Å². The normalized spacial score (nSPS) is 10.9. The van der Waals surface area contributed by atoms with Gasteiger partial charge in [0.2, 0.25) is 0 Å². The number of nitrogens with zero attached hydrogens (tertiary/aromatic N) is 2. The van der Waals surface area contributed by atoms with Crippen molar-refractivity contribution >= 4 is 11.8 Å². The number of hydrogen-bond acceptors (Lipinski definition) is 4. The first-order valence-corrected chi connectivity index (χ1v) is 5.86. The van der Waals surface area contributed by atoms with Crippen LogP contribution in [0.5, 0.6) is 0 Å². The third kappa shape index (κ3) is 4.07. The average Bonchev–Trinajstić information content (AvgIpc) is 2.18. The fraction of sp³-hybridized carbons (Fsp3) is 0.600. The highest BCUT2D eigenvalue weighted by Gasteiger charge is 1.99. The highest BCUT2D eigenvalue weighted by atomic mass is 32.2. The molecule has 0 saturated carbocycles. The summed E-state index contributed by atoms with van der Waals surface area (Å²) in [5, 5.41) is 8.79. The maximum atomic E-state index is 8.79. The third-order valence-electron chi connectivity index (χ3n) is 1.62. The Labute approximate surface area is 89.0 Å². The maximum absolute atomic E-state index is 8.79. The topological polar surface area (TPSA) is 46.0 Å². The van der Waals surface area contributed by atoms with Gasteiger partial charge in [0.25, 0.3) is 0 Å². The predicted octanol–water partition coefficient (Wildman–Crippen LogP) is 1.86. The molecule has 14 heavy (non-hydrogen) atoms. The van der Waals surface area contributed by atoms with Crippen LogP contribution in [0.1, 0.15) is 25.2 Å². The highest BCUT2D eigenvalue weighted by Crippen LogP contribution is 2.12. The molecule has 1 N–H and O–H groups in total. The lowest BCUT2D eigenvalue weighted by molar-refractivity contribution is 0.281. The lowest BCUT2D eigenvalue weighted by Gasteiger charge is -2.03. The maximum Gasteiger partial charge on any atom is 0.138 e. The first-order chi connectivity index (χ1) is 6.72. The van der Waals surface area contributed by atoms with Crippen molar-refractivity contribution in [3.8, 4) is 0 Å². The lowest BCUT2D eigenvalue weighted by Crippen LogP contribution is -1.97. The van der Waals surface area contributed by atoms with Crippen LogP contribution in [0.4, 0.5) is 0 Å². The molecule has 4 heteroatoms. The molecule has 1 rings (SSSR count). The lowest BCUT2D eigenvalue weighted by atomic mass is 10.3. The zero-order chi connectivity index (χ0) is 10.4. The van der Waals surface area contributed by atoms with Gasteiger partial charge in [0.1, 0.15) is 5.82 Å². The summed E-state index contributed by atoms with van der Waals surface area (Å²) in [5.74, 6) is 3.53. The molecule has 0 aliphatic heterocycles. The van der Waals surface area contributed by atoms with Crippen LogP contribution in [0, 0.1) is 5.92 Å². The van der Waals surface area contributed by atoms with Gasteiger partial charge in [0.15, 0.2) is 0 Å². The molecule has 0 fully saturated rings. The largest absolute Gasteiger partial charge is 0.392 e. The number of thioether (sulfide) groups is 1. The summed E-state index contributed by atoms with van der Waals surface area (Å²) in [6, 6.07) is 0. The first kappa shape index (κ1) is 11.5. The number of aromatic nitrogens is 2. The van der Waals surface area contributed by atoms with Gasteiger partial charge in [0, 0.05) is 18.0 Å². The van der Waals surface area contributed by atoms with Crippen molar-refractivity contribution in [1.82, 2.24) is 9.97 Å². The van der Waals surface area contributed by atoms with E-state index in [1.54, 1.807) is 12.4 Å². The Kier molecular flexibility index (Phi) is 4.90. The quantitative estimate of drug-likeness (QED) is 0.809. The van der Waals surface area contributed by atoms with E-state index in [0.717, 1.165) is 22.9 Å². The molecular formula is C10H16N2OS.